The van der Waals surface area contributed by atoms with Crippen molar-refractivity contribution in [3.05, 3.63) is 81.3 Å². The van der Waals surface area contributed by atoms with Gasteiger partial charge in [-0.2, -0.15) is 0 Å². The van der Waals surface area contributed by atoms with Gasteiger partial charge < -0.3 is 23.9 Å². The van der Waals surface area contributed by atoms with Gasteiger partial charge in [0, 0.05) is 29.5 Å². The van der Waals surface area contributed by atoms with Crippen LogP contribution in [-0.4, -0.2) is 39.3 Å². The molecule has 1 aromatic heterocycles. The van der Waals surface area contributed by atoms with Crippen molar-refractivity contribution in [3.63, 3.8) is 0 Å². The van der Waals surface area contributed by atoms with Crippen LogP contribution in [0, 0.1) is 6.92 Å². The highest BCUT2D eigenvalue weighted by atomic mass is 32.1. The van der Waals surface area contributed by atoms with Gasteiger partial charge in [-0.3, -0.25) is 4.79 Å². The lowest BCUT2D eigenvalue weighted by Crippen LogP contribution is -2.33. The number of thiocarbonyl (C=S) groups is 1. The minimum atomic E-state index is -1.37. The minimum absolute atomic E-state index is 0.294. The fourth-order valence-electron chi connectivity index (χ4n) is 5.52. The van der Waals surface area contributed by atoms with E-state index in [1.807, 2.05) is 49.4 Å². The summed E-state index contributed by atoms with van der Waals surface area (Å²) in [5, 5.41) is 11.4. The molecule has 41 heavy (non-hydrogen) atoms. The van der Waals surface area contributed by atoms with Crippen LogP contribution < -0.4 is 15.0 Å². The first-order valence-electron chi connectivity index (χ1n) is 13.8. The number of carboxylic acids is 1. The summed E-state index contributed by atoms with van der Waals surface area (Å²) in [7, 11) is 1.60. The average Bonchev–Trinajstić information content (AvgIpc) is 2.93. The summed E-state index contributed by atoms with van der Waals surface area (Å²) < 4.78 is 19.5. The van der Waals surface area contributed by atoms with Crippen LogP contribution in [0.5, 0.6) is 11.5 Å². The number of fused-ring (bicyclic) bond motifs is 2. The van der Waals surface area contributed by atoms with Crippen molar-refractivity contribution in [3.8, 4) is 22.6 Å². The summed E-state index contributed by atoms with van der Waals surface area (Å²) in [5.41, 5.74) is 3.70. The SMILES string of the molecule is Cc1c(-c2c(C(OC(C)(C)C)C(=O)O)n(C)c(=O)c3cc(OCC4=CC=CCC4=S)ccc23)ccc2c1CCCO2. The summed E-state index contributed by atoms with van der Waals surface area (Å²) in [4.78, 5) is 27.4. The second-order valence-corrected chi connectivity index (χ2v) is 12.0. The number of carboxylic acid groups (broad SMARTS) is 1. The Labute approximate surface area is 245 Å². The lowest BCUT2D eigenvalue weighted by Gasteiger charge is -2.29. The van der Waals surface area contributed by atoms with Gasteiger partial charge in [-0.15, -0.1) is 0 Å². The maximum Gasteiger partial charge on any atom is 0.339 e. The number of pyridine rings is 1. The van der Waals surface area contributed by atoms with Crippen LogP contribution in [0.1, 0.15) is 56.5 Å². The van der Waals surface area contributed by atoms with Crippen molar-refractivity contribution in [2.45, 2.75) is 58.7 Å². The zero-order valence-electron chi connectivity index (χ0n) is 24.1. The summed E-state index contributed by atoms with van der Waals surface area (Å²) in [6.45, 7) is 8.39. The fraction of sp³-hybridized carbons (Fsp3) is 0.364. The zero-order chi connectivity index (χ0) is 29.5. The molecule has 1 N–H and O–H groups in total. The third-order valence-electron chi connectivity index (χ3n) is 7.50. The highest BCUT2D eigenvalue weighted by Gasteiger charge is 2.34. The van der Waals surface area contributed by atoms with Gasteiger partial charge in [-0.25, -0.2) is 4.79 Å². The van der Waals surface area contributed by atoms with Crippen LogP contribution in [0.4, 0.5) is 0 Å². The largest absolute Gasteiger partial charge is 0.493 e. The summed E-state index contributed by atoms with van der Waals surface area (Å²) >= 11 is 5.46. The molecule has 1 atom stereocenters. The van der Waals surface area contributed by atoms with E-state index in [9.17, 15) is 14.7 Å². The maximum absolute atomic E-state index is 13.9. The second kappa shape index (κ2) is 11.3. The summed E-state index contributed by atoms with van der Waals surface area (Å²) in [6, 6.07) is 9.26. The molecule has 7 nitrogen and oxygen atoms in total. The van der Waals surface area contributed by atoms with Gasteiger partial charge in [0.2, 0.25) is 0 Å². The van der Waals surface area contributed by atoms with Crippen LogP contribution in [0.2, 0.25) is 0 Å². The summed E-state index contributed by atoms with van der Waals surface area (Å²) in [5.74, 6) is 0.206. The number of nitrogens with zero attached hydrogens (tertiary/aromatic N) is 1. The molecule has 1 unspecified atom stereocenters. The Hall–Kier alpha value is -3.75. The number of hydrogen-bond acceptors (Lipinski definition) is 6. The molecule has 2 aromatic carbocycles. The molecule has 0 bridgehead atoms. The molecule has 3 aromatic rings. The molecule has 214 valence electrons. The van der Waals surface area contributed by atoms with E-state index in [2.05, 4.69) is 0 Å². The van der Waals surface area contributed by atoms with Crippen LogP contribution in [-0.2, 0) is 23.0 Å². The Morgan fingerprint density at radius 1 is 1.20 bits per heavy atom. The Morgan fingerprint density at radius 2 is 1.98 bits per heavy atom. The lowest BCUT2D eigenvalue weighted by molar-refractivity contribution is -0.161. The number of hydrogen-bond donors (Lipinski definition) is 1. The molecule has 0 fully saturated rings. The fourth-order valence-corrected chi connectivity index (χ4v) is 5.75. The highest BCUT2D eigenvalue weighted by Crippen LogP contribution is 2.42. The van der Waals surface area contributed by atoms with Crippen LogP contribution in [0.25, 0.3) is 21.9 Å². The van der Waals surface area contributed by atoms with Gasteiger partial charge >= 0.3 is 5.97 Å². The monoisotopic (exact) mass is 573 g/mol. The number of benzene rings is 2. The van der Waals surface area contributed by atoms with Crippen LogP contribution in [0.15, 0.2) is 58.9 Å². The molecular formula is C33H35NO6S. The van der Waals surface area contributed by atoms with Crippen LogP contribution in [0.3, 0.4) is 0 Å². The highest BCUT2D eigenvalue weighted by molar-refractivity contribution is 7.80. The van der Waals surface area contributed by atoms with E-state index < -0.39 is 17.7 Å². The van der Waals surface area contributed by atoms with Gasteiger partial charge in [0.1, 0.15) is 18.1 Å². The van der Waals surface area contributed by atoms with Crippen molar-refractivity contribution in [2.24, 2.45) is 7.05 Å². The number of aliphatic carboxylic acids is 1. The molecule has 8 heteroatoms. The Morgan fingerprint density at radius 3 is 2.68 bits per heavy atom. The molecule has 0 saturated heterocycles. The van der Waals surface area contributed by atoms with E-state index in [1.54, 1.807) is 33.9 Å². The summed E-state index contributed by atoms with van der Waals surface area (Å²) in [6.07, 6.45) is 7.01. The number of aromatic nitrogens is 1. The van der Waals surface area contributed by atoms with Gasteiger partial charge in [0.05, 0.1) is 23.3 Å². The van der Waals surface area contributed by atoms with E-state index in [1.165, 1.54) is 4.57 Å². The molecule has 1 aliphatic carbocycles. The number of ether oxygens (including phenoxy) is 3. The van der Waals surface area contributed by atoms with E-state index in [-0.39, 0.29) is 5.56 Å². The van der Waals surface area contributed by atoms with Crippen molar-refractivity contribution in [1.82, 2.24) is 4.57 Å². The first kappa shape index (κ1) is 28.8. The van der Waals surface area contributed by atoms with Gasteiger partial charge in [0.15, 0.2) is 6.10 Å². The molecule has 2 heterocycles. The standard InChI is InChI=1S/C33H35NO6S/c1-19-22-10-8-16-38-26(22)15-14-23(19)28-24-13-12-21(39-18-20-9-6-7-11-27(20)41)17-25(24)31(35)34(5)29(28)30(32(36)37)40-33(2,3)4/h6-7,9,12-15,17,30H,8,10-11,16,18H2,1-5H3,(H,36,37). The molecule has 1 aliphatic heterocycles. The van der Waals surface area contributed by atoms with E-state index in [4.69, 9.17) is 26.4 Å². The van der Waals surface area contributed by atoms with E-state index in [0.29, 0.717) is 47.4 Å². The Bertz CT molecular complexity index is 1670. The molecule has 5 rings (SSSR count). The van der Waals surface area contributed by atoms with Crippen molar-refractivity contribution >= 4 is 33.8 Å². The quantitative estimate of drug-likeness (QED) is 0.327. The third kappa shape index (κ3) is 5.72. The van der Waals surface area contributed by atoms with Crippen molar-refractivity contribution < 1.29 is 24.1 Å². The minimum Gasteiger partial charge on any atom is -0.493 e. The van der Waals surface area contributed by atoms with Gasteiger partial charge in [0.25, 0.3) is 5.56 Å². The van der Waals surface area contributed by atoms with Crippen molar-refractivity contribution in [2.75, 3.05) is 13.2 Å². The predicted octanol–water partition coefficient (Wildman–Crippen LogP) is 6.41. The Balaban J connectivity index is 1.73. The molecule has 0 amide bonds. The van der Waals surface area contributed by atoms with E-state index >= 15 is 0 Å². The molecular weight excluding hydrogens is 538 g/mol. The normalized spacial score (nSPS) is 15.7. The average molecular weight is 574 g/mol. The first-order valence-corrected chi connectivity index (χ1v) is 14.2. The first-order chi connectivity index (χ1) is 19.5. The molecule has 0 radical (unpaired) electrons. The number of allylic oxidation sites excluding steroid dienone is 3. The van der Waals surface area contributed by atoms with Crippen molar-refractivity contribution in [1.29, 1.82) is 0 Å². The smallest absolute Gasteiger partial charge is 0.339 e. The second-order valence-electron chi connectivity index (χ2n) is 11.5. The molecule has 0 spiro atoms. The lowest BCUT2D eigenvalue weighted by atomic mass is 9.88. The van der Waals surface area contributed by atoms with Gasteiger partial charge in [-0.05, 0) is 86.9 Å². The van der Waals surface area contributed by atoms with Crippen LogP contribution >= 0.6 is 12.2 Å². The topological polar surface area (TPSA) is 87.0 Å². The number of carbonyl (C=O) groups is 1. The molecule has 2 aliphatic rings. The third-order valence-corrected chi connectivity index (χ3v) is 7.93. The zero-order valence-corrected chi connectivity index (χ0v) is 24.9. The van der Waals surface area contributed by atoms with E-state index in [0.717, 1.165) is 45.7 Å². The van der Waals surface area contributed by atoms with Gasteiger partial charge in [-0.1, -0.05) is 36.5 Å². The molecule has 0 saturated carbocycles. The Kier molecular flexibility index (Phi) is 7.90. The maximum atomic E-state index is 13.9. The number of rotatable bonds is 7. The predicted molar refractivity (Wildman–Crippen MR) is 164 cm³/mol.